The predicted octanol–water partition coefficient (Wildman–Crippen LogP) is 6.55. The average molecular weight is 446 g/mol. The molecule has 0 spiro atoms. The Morgan fingerprint density at radius 2 is 1.87 bits per heavy atom. The summed E-state index contributed by atoms with van der Waals surface area (Å²) in [6, 6.07) is 8.22. The number of fused-ring (bicyclic) bond motifs is 5. The van der Waals surface area contributed by atoms with Gasteiger partial charge in [-0.25, -0.2) is 4.79 Å². The Labute approximate surface area is 182 Å². The van der Waals surface area contributed by atoms with Crippen molar-refractivity contribution in [3.8, 4) is 5.00 Å². The number of rotatable bonds is 1. The van der Waals surface area contributed by atoms with E-state index in [-0.39, 0.29) is 11.7 Å². The first kappa shape index (κ1) is 20.2. The van der Waals surface area contributed by atoms with Crippen molar-refractivity contribution in [2.24, 2.45) is 0 Å². The molecule has 1 aromatic carbocycles. The van der Waals surface area contributed by atoms with Crippen molar-refractivity contribution in [1.29, 1.82) is 0 Å². The molecule has 0 radical (unpaired) electrons. The van der Waals surface area contributed by atoms with Gasteiger partial charge in [0.15, 0.2) is 0 Å². The lowest BCUT2D eigenvalue weighted by molar-refractivity contribution is -0.136. The third-order valence-corrected chi connectivity index (χ3v) is 7.55. The first-order chi connectivity index (χ1) is 14.8. The largest absolute Gasteiger partial charge is 0.418 e. The number of anilines is 1. The van der Waals surface area contributed by atoms with Gasteiger partial charge in [-0.1, -0.05) is 12.1 Å². The highest BCUT2D eigenvalue weighted by Gasteiger charge is 2.36. The number of para-hydroxylation sites is 1. The van der Waals surface area contributed by atoms with Crippen molar-refractivity contribution < 1.29 is 18.0 Å². The van der Waals surface area contributed by atoms with Gasteiger partial charge in [0.2, 0.25) is 0 Å². The van der Waals surface area contributed by atoms with E-state index in [9.17, 15) is 18.0 Å². The fourth-order valence-corrected chi connectivity index (χ4v) is 6.04. The first-order valence-electron chi connectivity index (χ1n) is 10.4. The lowest BCUT2D eigenvalue weighted by Gasteiger charge is -2.29. The SMILES string of the molecule is C[C@@H]1c2cccn2-c2sc3c(c2CN1C(=O)Nc1ccccc1C(F)(F)F)CCCC3. The summed E-state index contributed by atoms with van der Waals surface area (Å²) in [5.41, 5.74) is 2.33. The number of nitrogens with one attached hydrogen (secondary N) is 1. The summed E-state index contributed by atoms with van der Waals surface area (Å²) in [7, 11) is 0. The summed E-state index contributed by atoms with van der Waals surface area (Å²) in [5.74, 6) is 0. The minimum atomic E-state index is -4.54. The highest BCUT2D eigenvalue weighted by atomic mass is 32.1. The normalized spacial score (nSPS) is 18.1. The van der Waals surface area contributed by atoms with E-state index in [1.165, 1.54) is 35.1 Å². The number of halogens is 3. The molecule has 1 aliphatic heterocycles. The van der Waals surface area contributed by atoms with Crippen LogP contribution in [0.15, 0.2) is 42.6 Å². The predicted molar refractivity (Wildman–Crippen MR) is 115 cm³/mol. The second kappa shape index (κ2) is 7.44. The van der Waals surface area contributed by atoms with Gasteiger partial charge in [0.05, 0.1) is 23.8 Å². The Balaban J connectivity index is 1.54. The van der Waals surface area contributed by atoms with Crippen LogP contribution in [0, 0.1) is 0 Å². The number of amides is 2. The molecule has 0 saturated carbocycles. The maximum atomic E-state index is 13.4. The van der Waals surface area contributed by atoms with Gasteiger partial charge < -0.3 is 14.8 Å². The van der Waals surface area contributed by atoms with Crippen LogP contribution in [-0.2, 0) is 25.6 Å². The van der Waals surface area contributed by atoms with Crippen LogP contribution in [0.3, 0.4) is 0 Å². The van der Waals surface area contributed by atoms with Gasteiger partial charge in [0, 0.05) is 22.3 Å². The molecule has 2 amide bonds. The van der Waals surface area contributed by atoms with Crippen LogP contribution in [0.25, 0.3) is 5.00 Å². The third-order valence-electron chi connectivity index (χ3n) is 6.22. The zero-order chi connectivity index (χ0) is 21.8. The summed E-state index contributed by atoms with van der Waals surface area (Å²) in [6.07, 6.45) is 1.79. The van der Waals surface area contributed by atoms with Crippen LogP contribution in [0.5, 0.6) is 0 Å². The monoisotopic (exact) mass is 445 g/mol. The van der Waals surface area contributed by atoms with Gasteiger partial charge in [-0.05, 0) is 62.4 Å². The summed E-state index contributed by atoms with van der Waals surface area (Å²) in [4.78, 5) is 16.3. The molecule has 162 valence electrons. The van der Waals surface area contributed by atoms with Crippen LogP contribution in [0.4, 0.5) is 23.7 Å². The number of hydrogen-bond donors (Lipinski definition) is 1. The molecule has 3 aromatic rings. The number of carbonyl (C=O) groups excluding carboxylic acids is 1. The molecule has 4 nitrogen and oxygen atoms in total. The number of aromatic nitrogens is 1. The van der Waals surface area contributed by atoms with Crippen molar-refractivity contribution in [1.82, 2.24) is 9.47 Å². The van der Waals surface area contributed by atoms with E-state index in [1.807, 2.05) is 25.3 Å². The zero-order valence-electron chi connectivity index (χ0n) is 17.0. The maximum Gasteiger partial charge on any atom is 0.418 e. The molecule has 0 unspecified atom stereocenters. The molecule has 2 aliphatic rings. The Morgan fingerprint density at radius 1 is 1.10 bits per heavy atom. The van der Waals surface area contributed by atoms with Crippen molar-refractivity contribution >= 4 is 23.1 Å². The molecule has 3 heterocycles. The highest BCUT2D eigenvalue weighted by molar-refractivity contribution is 7.15. The van der Waals surface area contributed by atoms with Crippen molar-refractivity contribution in [3.05, 3.63) is 69.9 Å². The van der Waals surface area contributed by atoms with Gasteiger partial charge in [0.1, 0.15) is 5.00 Å². The first-order valence-corrected chi connectivity index (χ1v) is 11.2. The van der Waals surface area contributed by atoms with Crippen molar-refractivity contribution in [3.63, 3.8) is 0 Å². The molecule has 0 fully saturated rings. The number of hydrogen-bond acceptors (Lipinski definition) is 2. The van der Waals surface area contributed by atoms with Gasteiger partial charge in [0.25, 0.3) is 0 Å². The van der Waals surface area contributed by atoms with E-state index in [1.54, 1.807) is 16.2 Å². The summed E-state index contributed by atoms with van der Waals surface area (Å²) < 4.78 is 42.4. The van der Waals surface area contributed by atoms with Crippen LogP contribution in [-0.4, -0.2) is 15.5 Å². The van der Waals surface area contributed by atoms with Crippen molar-refractivity contribution in [2.45, 2.75) is 51.4 Å². The van der Waals surface area contributed by atoms with Gasteiger partial charge in [-0.2, -0.15) is 13.2 Å². The van der Waals surface area contributed by atoms with Gasteiger partial charge in [-0.15, -0.1) is 11.3 Å². The van der Waals surface area contributed by atoms with E-state index in [0.29, 0.717) is 6.54 Å². The Hall–Kier alpha value is -2.74. The molecule has 1 aliphatic carbocycles. The molecular weight excluding hydrogens is 423 g/mol. The topological polar surface area (TPSA) is 37.3 Å². The second-order valence-electron chi connectivity index (χ2n) is 8.08. The number of aryl methyl sites for hydroxylation is 1. The molecule has 8 heteroatoms. The Kier molecular flexibility index (Phi) is 4.84. The van der Waals surface area contributed by atoms with Crippen LogP contribution in [0.2, 0.25) is 0 Å². The number of thiophene rings is 1. The molecule has 5 rings (SSSR count). The smallest absolute Gasteiger partial charge is 0.312 e. The molecule has 0 bridgehead atoms. The van der Waals surface area contributed by atoms with Gasteiger partial charge in [-0.3, -0.25) is 0 Å². The minimum absolute atomic E-state index is 0.223. The van der Waals surface area contributed by atoms with E-state index < -0.39 is 17.8 Å². The fraction of sp³-hybridized carbons (Fsp3) is 0.348. The van der Waals surface area contributed by atoms with Crippen molar-refractivity contribution in [2.75, 3.05) is 5.32 Å². The molecule has 1 N–H and O–H groups in total. The molecule has 2 aromatic heterocycles. The number of urea groups is 1. The number of nitrogens with zero attached hydrogens (tertiary/aromatic N) is 2. The van der Waals surface area contributed by atoms with Crippen LogP contribution < -0.4 is 5.32 Å². The minimum Gasteiger partial charge on any atom is -0.312 e. The number of benzene rings is 1. The molecule has 0 saturated heterocycles. The number of carbonyl (C=O) groups is 1. The lowest BCUT2D eigenvalue weighted by Crippen LogP contribution is -2.36. The van der Waals surface area contributed by atoms with Crippen LogP contribution >= 0.6 is 11.3 Å². The second-order valence-corrected chi connectivity index (χ2v) is 9.16. The molecular formula is C23H22F3N3OS. The highest BCUT2D eigenvalue weighted by Crippen LogP contribution is 2.42. The quantitative estimate of drug-likeness (QED) is 0.453. The third kappa shape index (κ3) is 3.43. The van der Waals surface area contributed by atoms with E-state index >= 15 is 0 Å². The van der Waals surface area contributed by atoms with E-state index in [0.717, 1.165) is 41.6 Å². The molecule has 1 atom stereocenters. The van der Waals surface area contributed by atoms with Gasteiger partial charge >= 0.3 is 12.2 Å². The van der Waals surface area contributed by atoms with Crippen LogP contribution in [0.1, 0.15) is 53.1 Å². The standard InChI is InChI=1S/C23H22F3N3OS/c1-14-19-10-6-12-28(19)21-16(15-7-2-5-11-20(15)31-21)13-29(14)22(30)27-18-9-4-3-8-17(18)23(24,25)26/h3-4,6,8-10,12,14H,2,5,7,11,13H2,1H3,(H,27,30)/t14-/m1/s1. The fourth-order valence-electron chi connectivity index (χ4n) is 4.63. The average Bonchev–Trinajstić information content (AvgIpc) is 3.33. The molecule has 31 heavy (non-hydrogen) atoms. The lowest BCUT2D eigenvalue weighted by atomic mass is 9.95. The Morgan fingerprint density at radius 3 is 2.68 bits per heavy atom. The summed E-state index contributed by atoms with van der Waals surface area (Å²) in [6.45, 7) is 2.30. The Bertz CT molecular complexity index is 1150. The maximum absolute atomic E-state index is 13.4. The van der Waals surface area contributed by atoms with E-state index in [4.69, 9.17) is 0 Å². The van der Waals surface area contributed by atoms with E-state index in [2.05, 4.69) is 9.88 Å². The zero-order valence-corrected chi connectivity index (χ0v) is 17.8. The summed E-state index contributed by atoms with van der Waals surface area (Å²) in [5, 5.41) is 3.66. The number of alkyl halides is 3. The summed E-state index contributed by atoms with van der Waals surface area (Å²) >= 11 is 1.78.